The number of imidazole rings is 1. The second-order valence-corrected chi connectivity index (χ2v) is 5.63. The van der Waals surface area contributed by atoms with Crippen molar-refractivity contribution in [3.05, 3.63) is 40.6 Å². The number of nitrogens with zero attached hydrogens (tertiary/aromatic N) is 3. The quantitative estimate of drug-likeness (QED) is 0.687. The summed E-state index contributed by atoms with van der Waals surface area (Å²) in [7, 11) is 1.65. The zero-order valence-electron chi connectivity index (χ0n) is 11.2. The van der Waals surface area contributed by atoms with Crippen molar-refractivity contribution in [2.24, 2.45) is 0 Å². The lowest BCUT2D eigenvalue weighted by Crippen LogP contribution is -2.09. The number of halogens is 1. The van der Waals surface area contributed by atoms with E-state index >= 15 is 0 Å². The molecule has 0 saturated carbocycles. The molecular formula is C14H14ClN3OS. The predicted molar refractivity (Wildman–Crippen MR) is 81.8 cm³/mol. The highest BCUT2D eigenvalue weighted by molar-refractivity contribution is 7.09. The number of benzene rings is 1. The lowest BCUT2D eigenvalue weighted by atomic mass is 10.2. The van der Waals surface area contributed by atoms with Crippen molar-refractivity contribution in [2.45, 2.75) is 18.8 Å². The second kappa shape index (κ2) is 5.42. The number of methoxy groups -OCH3 is 1. The van der Waals surface area contributed by atoms with E-state index in [-0.39, 0.29) is 6.04 Å². The molecule has 104 valence electrons. The molecule has 0 fully saturated rings. The average molecular weight is 308 g/mol. The highest BCUT2D eigenvalue weighted by Crippen LogP contribution is 2.29. The lowest BCUT2D eigenvalue weighted by molar-refractivity contribution is 0.415. The summed E-state index contributed by atoms with van der Waals surface area (Å²) in [6.07, 6.45) is 1.82. The van der Waals surface area contributed by atoms with Gasteiger partial charge in [0.15, 0.2) is 0 Å². The van der Waals surface area contributed by atoms with Crippen molar-refractivity contribution in [3.63, 3.8) is 0 Å². The van der Waals surface area contributed by atoms with Crippen LogP contribution in [0.4, 0.5) is 0 Å². The monoisotopic (exact) mass is 307 g/mol. The smallest absolute Gasteiger partial charge is 0.125 e. The standard InChI is InChI=1S/C14H14ClN3OS/c1-9(14-16-5-6-20-14)18-12-4-3-10(19-2)7-11(12)17-13(18)8-15/h3-7,9H,8H2,1-2H3. The van der Waals surface area contributed by atoms with Gasteiger partial charge in [-0.25, -0.2) is 9.97 Å². The molecule has 0 spiro atoms. The number of hydrogen-bond donors (Lipinski definition) is 0. The summed E-state index contributed by atoms with van der Waals surface area (Å²) < 4.78 is 7.38. The lowest BCUT2D eigenvalue weighted by Gasteiger charge is -2.14. The van der Waals surface area contributed by atoms with E-state index in [1.165, 1.54) is 0 Å². The summed E-state index contributed by atoms with van der Waals surface area (Å²) >= 11 is 7.69. The van der Waals surface area contributed by atoms with Crippen LogP contribution >= 0.6 is 22.9 Å². The number of hydrogen-bond acceptors (Lipinski definition) is 4. The molecule has 0 N–H and O–H groups in total. The van der Waals surface area contributed by atoms with Crippen molar-refractivity contribution in [3.8, 4) is 5.75 Å². The normalized spacial score (nSPS) is 12.8. The number of thiazole rings is 1. The van der Waals surface area contributed by atoms with Gasteiger partial charge >= 0.3 is 0 Å². The Kier molecular flexibility index (Phi) is 3.63. The summed E-state index contributed by atoms with van der Waals surface area (Å²) in [5.74, 6) is 2.01. The Balaban J connectivity index is 2.18. The molecular weight excluding hydrogens is 294 g/mol. The van der Waals surface area contributed by atoms with Crippen molar-refractivity contribution in [1.29, 1.82) is 0 Å². The fourth-order valence-corrected chi connectivity index (χ4v) is 3.21. The molecule has 0 amide bonds. The van der Waals surface area contributed by atoms with E-state index in [0.29, 0.717) is 5.88 Å². The van der Waals surface area contributed by atoms with Crippen molar-refractivity contribution in [1.82, 2.24) is 14.5 Å². The Hall–Kier alpha value is -1.59. The van der Waals surface area contributed by atoms with Crippen LogP contribution in [0.3, 0.4) is 0 Å². The van der Waals surface area contributed by atoms with Gasteiger partial charge in [0.25, 0.3) is 0 Å². The van der Waals surface area contributed by atoms with Crippen LogP contribution in [0.1, 0.15) is 23.8 Å². The summed E-state index contributed by atoms with van der Waals surface area (Å²) in [5, 5.41) is 3.03. The van der Waals surface area contributed by atoms with Crippen LogP contribution in [0, 0.1) is 0 Å². The molecule has 0 radical (unpaired) electrons. The van der Waals surface area contributed by atoms with Crippen molar-refractivity contribution >= 4 is 34.0 Å². The zero-order chi connectivity index (χ0) is 14.1. The third kappa shape index (κ3) is 2.17. The molecule has 0 aliphatic heterocycles. The summed E-state index contributed by atoms with van der Waals surface area (Å²) in [6.45, 7) is 2.11. The van der Waals surface area contributed by atoms with Crippen LogP contribution in [0.5, 0.6) is 5.75 Å². The Morgan fingerprint density at radius 2 is 2.30 bits per heavy atom. The van der Waals surface area contributed by atoms with Crippen LogP contribution in [0.25, 0.3) is 11.0 Å². The predicted octanol–water partition coefficient (Wildman–Crippen LogP) is 3.85. The SMILES string of the molecule is COc1ccc2c(c1)nc(CCl)n2C(C)c1nccs1. The van der Waals surface area contributed by atoms with Crippen molar-refractivity contribution in [2.75, 3.05) is 7.11 Å². The largest absolute Gasteiger partial charge is 0.497 e. The summed E-state index contributed by atoms with van der Waals surface area (Å²) in [4.78, 5) is 8.99. The van der Waals surface area contributed by atoms with Gasteiger partial charge in [-0.1, -0.05) is 0 Å². The molecule has 2 heterocycles. The zero-order valence-corrected chi connectivity index (χ0v) is 12.8. The molecule has 1 aromatic carbocycles. The number of alkyl halides is 1. The Labute approximate surface area is 126 Å². The Bertz CT molecular complexity index is 723. The van der Waals surface area contributed by atoms with E-state index in [1.807, 2.05) is 29.8 Å². The number of aromatic nitrogens is 3. The minimum atomic E-state index is 0.113. The number of ether oxygens (including phenoxy) is 1. The van der Waals surface area contributed by atoms with Crippen LogP contribution < -0.4 is 4.74 Å². The van der Waals surface area contributed by atoms with E-state index in [2.05, 4.69) is 21.5 Å². The van der Waals surface area contributed by atoms with Gasteiger partial charge in [0.2, 0.25) is 0 Å². The first-order chi connectivity index (χ1) is 9.74. The minimum Gasteiger partial charge on any atom is -0.497 e. The number of rotatable bonds is 4. The molecule has 1 atom stereocenters. The van der Waals surface area contributed by atoms with Crippen molar-refractivity contribution < 1.29 is 4.74 Å². The minimum absolute atomic E-state index is 0.113. The van der Waals surface area contributed by atoms with Gasteiger partial charge in [0.05, 0.1) is 30.1 Å². The Morgan fingerprint density at radius 1 is 1.45 bits per heavy atom. The topological polar surface area (TPSA) is 39.9 Å². The van der Waals surface area contributed by atoms with E-state index in [0.717, 1.165) is 27.6 Å². The van der Waals surface area contributed by atoms with Gasteiger partial charge in [0, 0.05) is 17.6 Å². The van der Waals surface area contributed by atoms with Gasteiger partial charge in [-0.2, -0.15) is 0 Å². The maximum atomic E-state index is 6.05. The highest BCUT2D eigenvalue weighted by atomic mass is 35.5. The fraction of sp³-hybridized carbons (Fsp3) is 0.286. The third-order valence-corrected chi connectivity index (χ3v) is 4.47. The van der Waals surface area contributed by atoms with Crippen LogP contribution in [0.2, 0.25) is 0 Å². The van der Waals surface area contributed by atoms with Gasteiger partial charge < -0.3 is 9.30 Å². The molecule has 0 aliphatic carbocycles. The fourth-order valence-electron chi connectivity index (χ4n) is 2.33. The molecule has 6 heteroatoms. The van der Waals surface area contributed by atoms with Gasteiger partial charge in [-0.15, -0.1) is 22.9 Å². The maximum Gasteiger partial charge on any atom is 0.125 e. The molecule has 0 saturated heterocycles. The van der Waals surface area contributed by atoms with Crippen LogP contribution in [-0.4, -0.2) is 21.6 Å². The molecule has 4 nitrogen and oxygen atoms in total. The van der Waals surface area contributed by atoms with Gasteiger partial charge in [0.1, 0.15) is 16.6 Å². The maximum absolute atomic E-state index is 6.05. The average Bonchev–Trinajstić information content (AvgIpc) is 3.12. The first-order valence-corrected chi connectivity index (χ1v) is 7.66. The van der Waals surface area contributed by atoms with E-state index in [9.17, 15) is 0 Å². The summed E-state index contributed by atoms with van der Waals surface area (Å²) in [5.41, 5.74) is 1.94. The molecule has 0 bridgehead atoms. The van der Waals surface area contributed by atoms with Crippen LogP contribution in [0.15, 0.2) is 29.8 Å². The van der Waals surface area contributed by atoms with Gasteiger partial charge in [-0.3, -0.25) is 0 Å². The molecule has 1 unspecified atom stereocenters. The van der Waals surface area contributed by atoms with Gasteiger partial charge in [-0.05, 0) is 19.1 Å². The second-order valence-electron chi connectivity index (χ2n) is 4.43. The van der Waals surface area contributed by atoms with E-state index < -0.39 is 0 Å². The highest BCUT2D eigenvalue weighted by Gasteiger charge is 2.18. The van der Waals surface area contributed by atoms with E-state index in [1.54, 1.807) is 18.4 Å². The molecule has 20 heavy (non-hydrogen) atoms. The summed E-state index contributed by atoms with van der Waals surface area (Å²) in [6, 6.07) is 5.99. The number of fused-ring (bicyclic) bond motifs is 1. The third-order valence-electron chi connectivity index (χ3n) is 3.29. The first-order valence-electron chi connectivity index (χ1n) is 6.24. The van der Waals surface area contributed by atoms with E-state index in [4.69, 9.17) is 16.3 Å². The first kappa shape index (κ1) is 13.4. The molecule has 0 aliphatic rings. The molecule has 3 aromatic rings. The Morgan fingerprint density at radius 3 is 2.95 bits per heavy atom. The molecule has 2 aromatic heterocycles. The van der Waals surface area contributed by atoms with Crippen LogP contribution in [-0.2, 0) is 5.88 Å². The molecule has 3 rings (SSSR count).